The van der Waals surface area contributed by atoms with Crippen LogP contribution in [0, 0.1) is 0 Å². The maximum atomic E-state index is 13.0. The Morgan fingerprint density at radius 3 is 2.24 bits per heavy atom. The van der Waals surface area contributed by atoms with E-state index in [0.717, 1.165) is 34.5 Å². The summed E-state index contributed by atoms with van der Waals surface area (Å²) in [7, 11) is 0. The predicted molar refractivity (Wildman–Crippen MR) is 147 cm³/mol. The van der Waals surface area contributed by atoms with Crippen molar-refractivity contribution in [1.29, 1.82) is 0 Å². The summed E-state index contributed by atoms with van der Waals surface area (Å²) in [6.07, 6.45) is -3.63. The number of amides is 2. The van der Waals surface area contributed by atoms with Gasteiger partial charge in [-0.15, -0.1) is 0 Å². The summed E-state index contributed by atoms with van der Waals surface area (Å²) in [5.41, 5.74) is 3.15. The Kier molecular flexibility index (Phi) is 7.29. The van der Waals surface area contributed by atoms with Gasteiger partial charge >= 0.3 is 12.2 Å². The Morgan fingerprint density at radius 1 is 0.805 bits per heavy atom. The van der Waals surface area contributed by atoms with E-state index < -0.39 is 29.9 Å². The number of hydrogen-bond donors (Lipinski definition) is 3. The highest BCUT2D eigenvalue weighted by Gasteiger charge is 2.48. The minimum Gasteiger partial charge on any atom is -0.371 e. The van der Waals surface area contributed by atoms with Crippen LogP contribution in [0.25, 0.3) is 22.4 Å². The molecule has 3 N–H and O–H groups in total. The topological polar surface area (TPSA) is 97.4 Å². The van der Waals surface area contributed by atoms with Crippen LogP contribution in [0.2, 0.25) is 0 Å². The van der Waals surface area contributed by atoms with Crippen molar-refractivity contribution in [2.45, 2.75) is 30.5 Å². The first-order valence-electron chi connectivity index (χ1n) is 13.1. The molecule has 0 saturated carbocycles. The van der Waals surface area contributed by atoms with Crippen molar-refractivity contribution in [3.63, 3.8) is 0 Å². The Labute approximate surface area is 233 Å². The molecule has 2 amide bonds. The zero-order valence-corrected chi connectivity index (χ0v) is 21.6. The summed E-state index contributed by atoms with van der Waals surface area (Å²) < 4.78 is 50.8. The highest BCUT2D eigenvalue weighted by molar-refractivity contribution is 5.89. The van der Waals surface area contributed by atoms with E-state index in [1.165, 1.54) is 12.1 Å². The molecule has 11 heteroatoms. The number of alkyl halides is 3. The Balaban J connectivity index is 1.06. The van der Waals surface area contributed by atoms with Gasteiger partial charge in [0.15, 0.2) is 0 Å². The predicted octanol–water partition coefficient (Wildman–Crippen LogP) is 5.60. The normalized spacial score (nSPS) is 21.7. The summed E-state index contributed by atoms with van der Waals surface area (Å²) >= 11 is 0. The number of fused-ring (bicyclic) bond motifs is 1. The molecule has 4 unspecified atom stereocenters. The first-order chi connectivity index (χ1) is 19.8. The van der Waals surface area contributed by atoms with Gasteiger partial charge in [-0.25, -0.2) is 14.8 Å². The first kappa shape index (κ1) is 26.7. The van der Waals surface area contributed by atoms with Gasteiger partial charge in [0, 0.05) is 17.4 Å². The third-order valence-corrected chi connectivity index (χ3v) is 7.08. The molecular weight excluding hydrogens is 535 g/mol. The quantitative estimate of drug-likeness (QED) is 0.284. The molecule has 41 heavy (non-hydrogen) atoms. The number of nitrogens with zero attached hydrogens (tertiary/aromatic N) is 2. The third kappa shape index (κ3) is 6.01. The lowest BCUT2D eigenvalue weighted by atomic mass is 10.0. The van der Waals surface area contributed by atoms with Crippen molar-refractivity contribution < 1.29 is 27.4 Å². The molecule has 3 aromatic carbocycles. The number of aromatic nitrogens is 2. The molecule has 2 aliphatic heterocycles. The van der Waals surface area contributed by atoms with E-state index >= 15 is 0 Å². The number of anilines is 2. The van der Waals surface area contributed by atoms with Crippen LogP contribution in [0.1, 0.15) is 5.56 Å². The van der Waals surface area contributed by atoms with Crippen LogP contribution in [-0.4, -0.2) is 53.5 Å². The SMILES string of the molecule is O=C(Nc1cccc(C(F)(F)F)c1)NC1COC2C(Nc3nccc(-c4ccc(-c5ccccc5)cc4)n3)COC12. The molecule has 0 radical (unpaired) electrons. The molecule has 0 bridgehead atoms. The van der Waals surface area contributed by atoms with E-state index in [-0.39, 0.29) is 24.4 Å². The van der Waals surface area contributed by atoms with Crippen LogP contribution in [0.5, 0.6) is 0 Å². The molecule has 0 spiro atoms. The van der Waals surface area contributed by atoms with Crippen LogP contribution >= 0.6 is 0 Å². The first-order valence-corrected chi connectivity index (χ1v) is 13.1. The summed E-state index contributed by atoms with van der Waals surface area (Å²) in [6.45, 7) is 0.500. The number of carbonyl (C=O) groups excluding carboxylic acids is 1. The van der Waals surface area contributed by atoms with Crippen LogP contribution in [0.4, 0.5) is 29.6 Å². The van der Waals surface area contributed by atoms with E-state index in [2.05, 4.69) is 50.2 Å². The summed E-state index contributed by atoms with van der Waals surface area (Å²) in [6, 6.07) is 23.2. The zero-order valence-electron chi connectivity index (χ0n) is 21.6. The number of nitrogens with one attached hydrogen (secondary N) is 3. The van der Waals surface area contributed by atoms with Gasteiger partial charge in [-0.05, 0) is 35.4 Å². The van der Waals surface area contributed by atoms with Crippen LogP contribution in [0.3, 0.4) is 0 Å². The van der Waals surface area contributed by atoms with Gasteiger partial charge in [0.2, 0.25) is 5.95 Å². The maximum absolute atomic E-state index is 13.0. The summed E-state index contributed by atoms with van der Waals surface area (Å²) in [5, 5.41) is 8.48. The molecule has 210 valence electrons. The number of ether oxygens (including phenoxy) is 2. The second-order valence-corrected chi connectivity index (χ2v) is 9.84. The molecule has 4 aromatic rings. The average molecular weight is 562 g/mol. The highest BCUT2D eigenvalue weighted by Crippen LogP contribution is 2.32. The number of hydrogen-bond acceptors (Lipinski definition) is 6. The van der Waals surface area contributed by atoms with Crippen LogP contribution < -0.4 is 16.0 Å². The Morgan fingerprint density at radius 2 is 1.49 bits per heavy atom. The number of halogens is 3. The van der Waals surface area contributed by atoms with Gasteiger partial charge in [-0.2, -0.15) is 13.2 Å². The minimum atomic E-state index is -4.50. The van der Waals surface area contributed by atoms with E-state index in [1.807, 2.05) is 36.4 Å². The van der Waals surface area contributed by atoms with Crippen molar-refractivity contribution in [2.75, 3.05) is 23.8 Å². The van der Waals surface area contributed by atoms with Gasteiger partial charge in [0.25, 0.3) is 0 Å². The number of benzene rings is 3. The monoisotopic (exact) mass is 561 g/mol. The van der Waals surface area contributed by atoms with E-state index in [0.29, 0.717) is 12.6 Å². The summed E-state index contributed by atoms with van der Waals surface area (Å²) in [5.74, 6) is 0.422. The molecule has 1 aromatic heterocycles. The third-order valence-electron chi connectivity index (χ3n) is 7.08. The molecule has 3 heterocycles. The fraction of sp³-hybridized carbons (Fsp3) is 0.233. The zero-order chi connectivity index (χ0) is 28.4. The molecular formula is C30H26F3N5O3. The van der Waals surface area contributed by atoms with Crippen LogP contribution in [0.15, 0.2) is 91.1 Å². The lowest BCUT2D eigenvalue weighted by Crippen LogP contribution is -2.46. The number of urea groups is 1. The second-order valence-electron chi connectivity index (χ2n) is 9.84. The fourth-order valence-electron chi connectivity index (χ4n) is 5.07. The number of rotatable bonds is 6. The van der Waals surface area contributed by atoms with E-state index in [4.69, 9.17) is 9.47 Å². The van der Waals surface area contributed by atoms with E-state index in [1.54, 1.807) is 6.20 Å². The minimum absolute atomic E-state index is 0.0337. The van der Waals surface area contributed by atoms with Crippen molar-refractivity contribution in [3.8, 4) is 22.4 Å². The maximum Gasteiger partial charge on any atom is 0.416 e. The smallest absolute Gasteiger partial charge is 0.371 e. The molecule has 2 aliphatic rings. The Hall–Kier alpha value is -4.48. The standard InChI is InChI=1S/C30H26F3N5O3/c31-30(32,33)21-7-4-8-22(15-21)35-29(39)38-25-17-41-26-24(16-40-27(25)26)37-28-34-14-13-23(36-28)20-11-9-19(10-12-20)18-5-2-1-3-6-18/h1-15,24-27H,16-17H2,(H,34,36,37)(H2,35,38,39). The van der Waals surface area contributed by atoms with Crippen molar-refractivity contribution in [3.05, 3.63) is 96.7 Å². The summed E-state index contributed by atoms with van der Waals surface area (Å²) in [4.78, 5) is 21.5. The average Bonchev–Trinajstić information content (AvgIpc) is 3.56. The van der Waals surface area contributed by atoms with Gasteiger partial charge in [-0.1, -0.05) is 60.7 Å². The van der Waals surface area contributed by atoms with Gasteiger partial charge < -0.3 is 25.4 Å². The van der Waals surface area contributed by atoms with Crippen molar-refractivity contribution in [2.24, 2.45) is 0 Å². The molecule has 2 fully saturated rings. The van der Waals surface area contributed by atoms with Gasteiger partial charge in [0.1, 0.15) is 12.2 Å². The van der Waals surface area contributed by atoms with Crippen molar-refractivity contribution >= 4 is 17.7 Å². The Bertz CT molecular complexity index is 1520. The molecule has 2 saturated heterocycles. The molecule has 4 atom stereocenters. The molecule has 6 rings (SSSR count). The second kappa shape index (κ2) is 11.2. The highest BCUT2D eigenvalue weighted by atomic mass is 19.4. The largest absolute Gasteiger partial charge is 0.416 e. The lowest BCUT2D eigenvalue weighted by Gasteiger charge is -2.19. The molecule has 0 aliphatic carbocycles. The van der Waals surface area contributed by atoms with Crippen LogP contribution in [-0.2, 0) is 15.7 Å². The number of carbonyl (C=O) groups is 1. The fourth-order valence-corrected chi connectivity index (χ4v) is 5.07. The van der Waals surface area contributed by atoms with Gasteiger partial charge in [0.05, 0.1) is 36.6 Å². The van der Waals surface area contributed by atoms with Crippen molar-refractivity contribution in [1.82, 2.24) is 15.3 Å². The lowest BCUT2D eigenvalue weighted by molar-refractivity contribution is -0.137. The van der Waals surface area contributed by atoms with E-state index in [9.17, 15) is 18.0 Å². The molecule has 8 nitrogen and oxygen atoms in total. The van der Waals surface area contributed by atoms with Gasteiger partial charge in [-0.3, -0.25) is 0 Å².